The van der Waals surface area contributed by atoms with E-state index < -0.39 is 0 Å². The molecule has 0 saturated heterocycles. The number of hydrogen-bond donors (Lipinski definition) is 3. The Bertz CT molecular complexity index is 441. The first kappa shape index (κ1) is 14.4. The summed E-state index contributed by atoms with van der Waals surface area (Å²) >= 11 is 5.02. The van der Waals surface area contributed by atoms with Crippen LogP contribution in [0.25, 0.3) is 0 Å². The van der Waals surface area contributed by atoms with Gasteiger partial charge < -0.3 is 5.32 Å². The van der Waals surface area contributed by atoms with Crippen molar-refractivity contribution in [2.45, 2.75) is 20.8 Å². The summed E-state index contributed by atoms with van der Waals surface area (Å²) in [5, 5.41) is 7.49. The predicted octanol–water partition coefficient (Wildman–Crippen LogP) is 0.493. The van der Waals surface area contributed by atoms with Crippen LogP contribution >= 0.6 is 12.2 Å². The highest BCUT2D eigenvalue weighted by atomic mass is 32.1. The van der Waals surface area contributed by atoms with Crippen LogP contribution in [0.3, 0.4) is 0 Å². The maximum Gasteiger partial charge on any atom is 0.287 e. The standard InChI is InChI=1S/C11H19N5OS/c1-7(2)6-12-11(18)14-13-10(17)9-5-8(3)15-16(9)4/h5,7H,6H2,1-4H3,(H,13,17)(H2,12,14,18). The molecule has 1 aromatic rings. The first-order chi connectivity index (χ1) is 8.40. The third-order valence-corrected chi connectivity index (χ3v) is 2.44. The fourth-order valence-electron chi connectivity index (χ4n) is 1.34. The molecule has 0 aliphatic rings. The Labute approximate surface area is 112 Å². The van der Waals surface area contributed by atoms with E-state index in [2.05, 4.69) is 35.1 Å². The number of nitrogens with one attached hydrogen (secondary N) is 3. The maximum atomic E-state index is 11.8. The van der Waals surface area contributed by atoms with E-state index in [1.54, 1.807) is 13.1 Å². The third kappa shape index (κ3) is 4.33. The van der Waals surface area contributed by atoms with Crippen molar-refractivity contribution in [1.29, 1.82) is 0 Å². The molecular formula is C11H19N5OS. The van der Waals surface area contributed by atoms with Gasteiger partial charge in [0.1, 0.15) is 5.69 Å². The van der Waals surface area contributed by atoms with Gasteiger partial charge in [-0.15, -0.1) is 0 Å². The lowest BCUT2D eigenvalue weighted by atomic mass is 10.2. The summed E-state index contributed by atoms with van der Waals surface area (Å²) < 4.78 is 1.52. The van der Waals surface area contributed by atoms with Crippen molar-refractivity contribution in [3.63, 3.8) is 0 Å². The molecule has 1 aromatic heterocycles. The second-order valence-electron chi connectivity index (χ2n) is 4.48. The minimum absolute atomic E-state index is 0.271. The number of carbonyl (C=O) groups is 1. The second kappa shape index (κ2) is 6.34. The molecule has 3 N–H and O–H groups in total. The first-order valence-corrected chi connectivity index (χ1v) is 6.15. The lowest BCUT2D eigenvalue weighted by Crippen LogP contribution is -2.47. The van der Waals surface area contributed by atoms with Crippen molar-refractivity contribution >= 4 is 23.2 Å². The Kier molecular flexibility index (Phi) is 5.08. The van der Waals surface area contributed by atoms with Crippen LogP contribution in [0.2, 0.25) is 0 Å². The smallest absolute Gasteiger partial charge is 0.287 e. The minimum Gasteiger partial charge on any atom is -0.361 e. The van der Waals surface area contributed by atoms with Crippen molar-refractivity contribution in [2.75, 3.05) is 6.54 Å². The largest absolute Gasteiger partial charge is 0.361 e. The molecular weight excluding hydrogens is 250 g/mol. The van der Waals surface area contributed by atoms with Crippen molar-refractivity contribution in [2.24, 2.45) is 13.0 Å². The Hall–Kier alpha value is -1.63. The molecule has 0 bridgehead atoms. The molecule has 0 aliphatic heterocycles. The van der Waals surface area contributed by atoms with Crippen LogP contribution in [-0.2, 0) is 7.05 Å². The molecule has 0 radical (unpaired) electrons. The number of carbonyl (C=O) groups excluding carboxylic acids is 1. The van der Waals surface area contributed by atoms with Crippen molar-refractivity contribution in [1.82, 2.24) is 25.9 Å². The number of aryl methyl sites for hydroxylation is 2. The van der Waals surface area contributed by atoms with Gasteiger partial charge in [-0.3, -0.25) is 20.3 Å². The van der Waals surface area contributed by atoms with Gasteiger partial charge in [-0.1, -0.05) is 13.8 Å². The minimum atomic E-state index is -0.271. The molecule has 100 valence electrons. The summed E-state index contributed by atoms with van der Waals surface area (Å²) in [6, 6.07) is 1.71. The Balaban J connectivity index is 2.42. The molecule has 6 nitrogen and oxygen atoms in total. The van der Waals surface area contributed by atoms with E-state index in [0.29, 0.717) is 16.7 Å². The first-order valence-electron chi connectivity index (χ1n) is 5.75. The molecule has 18 heavy (non-hydrogen) atoms. The van der Waals surface area contributed by atoms with Gasteiger partial charge in [0.05, 0.1) is 5.69 Å². The summed E-state index contributed by atoms with van der Waals surface area (Å²) in [5.41, 5.74) is 6.45. The van der Waals surface area contributed by atoms with Gasteiger partial charge in [-0.05, 0) is 31.1 Å². The van der Waals surface area contributed by atoms with Gasteiger partial charge in [-0.25, -0.2) is 0 Å². The molecule has 0 aliphatic carbocycles. The van der Waals surface area contributed by atoms with E-state index in [-0.39, 0.29) is 5.91 Å². The predicted molar refractivity (Wildman–Crippen MR) is 74.0 cm³/mol. The van der Waals surface area contributed by atoms with Crippen LogP contribution in [0, 0.1) is 12.8 Å². The topological polar surface area (TPSA) is 71.0 Å². The zero-order valence-electron chi connectivity index (χ0n) is 11.1. The number of thiocarbonyl (C=S) groups is 1. The number of hydrogen-bond acceptors (Lipinski definition) is 3. The van der Waals surface area contributed by atoms with Crippen LogP contribution in [0.1, 0.15) is 30.0 Å². The van der Waals surface area contributed by atoms with E-state index in [0.717, 1.165) is 12.2 Å². The molecule has 0 unspecified atom stereocenters. The molecule has 1 amide bonds. The van der Waals surface area contributed by atoms with E-state index >= 15 is 0 Å². The summed E-state index contributed by atoms with van der Waals surface area (Å²) in [5.74, 6) is 0.215. The Morgan fingerprint density at radius 3 is 2.67 bits per heavy atom. The summed E-state index contributed by atoms with van der Waals surface area (Å²) in [6.07, 6.45) is 0. The SMILES string of the molecule is Cc1cc(C(=O)NNC(=S)NCC(C)C)n(C)n1. The molecule has 7 heteroatoms. The normalized spacial score (nSPS) is 10.3. The van der Waals surface area contributed by atoms with Crippen LogP contribution in [0.4, 0.5) is 0 Å². The maximum absolute atomic E-state index is 11.8. The fourth-order valence-corrected chi connectivity index (χ4v) is 1.48. The number of nitrogens with zero attached hydrogens (tertiary/aromatic N) is 2. The highest BCUT2D eigenvalue weighted by molar-refractivity contribution is 7.80. The number of hydrazine groups is 1. The highest BCUT2D eigenvalue weighted by Gasteiger charge is 2.11. The van der Waals surface area contributed by atoms with Gasteiger partial charge in [0.2, 0.25) is 0 Å². The molecule has 0 saturated carbocycles. The van der Waals surface area contributed by atoms with E-state index in [1.165, 1.54) is 4.68 Å². The fraction of sp³-hybridized carbons (Fsp3) is 0.545. The molecule has 0 aromatic carbocycles. The van der Waals surface area contributed by atoms with Crippen molar-refractivity contribution < 1.29 is 4.79 Å². The molecule has 0 fully saturated rings. The van der Waals surface area contributed by atoms with Crippen LogP contribution in [-0.4, -0.2) is 27.3 Å². The van der Waals surface area contributed by atoms with E-state index in [9.17, 15) is 4.79 Å². The van der Waals surface area contributed by atoms with Gasteiger partial charge in [0, 0.05) is 13.6 Å². The molecule has 0 atom stereocenters. The average molecular weight is 269 g/mol. The number of amides is 1. The van der Waals surface area contributed by atoms with Crippen LogP contribution in [0.5, 0.6) is 0 Å². The Morgan fingerprint density at radius 1 is 1.50 bits per heavy atom. The number of rotatable bonds is 3. The monoisotopic (exact) mass is 269 g/mol. The van der Waals surface area contributed by atoms with E-state index in [1.807, 2.05) is 6.92 Å². The summed E-state index contributed by atoms with van der Waals surface area (Å²) in [6.45, 7) is 6.74. The van der Waals surface area contributed by atoms with E-state index in [4.69, 9.17) is 12.2 Å². The Morgan fingerprint density at radius 2 is 2.17 bits per heavy atom. The van der Waals surface area contributed by atoms with Crippen molar-refractivity contribution in [3.05, 3.63) is 17.5 Å². The van der Waals surface area contributed by atoms with Gasteiger partial charge in [0.25, 0.3) is 5.91 Å². The highest BCUT2D eigenvalue weighted by Crippen LogP contribution is 2.00. The average Bonchev–Trinajstić information content (AvgIpc) is 2.62. The lowest BCUT2D eigenvalue weighted by Gasteiger charge is -2.12. The molecule has 1 heterocycles. The molecule has 1 rings (SSSR count). The zero-order valence-corrected chi connectivity index (χ0v) is 11.9. The quantitative estimate of drug-likeness (QED) is 0.550. The molecule has 0 spiro atoms. The van der Waals surface area contributed by atoms with Crippen molar-refractivity contribution in [3.8, 4) is 0 Å². The van der Waals surface area contributed by atoms with Crippen LogP contribution < -0.4 is 16.2 Å². The third-order valence-electron chi connectivity index (χ3n) is 2.20. The lowest BCUT2D eigenvalue weighted by molar-refractivity contribution is 0.0934. The number of aromatic nitrogens is 2. The summed E-state index contributed by atoms with van der Waals surface area (Å²) in [4.78, 5) is 11.8. The van der Waals surface area contributed by atoms with Gasteiger partial charge in [-0.2, -0.15) is 5.10 Å². The van der Waals surface area contributed by atoms with Gasteiger partial charge in [0.15, 0.2) is 5.11 Å². The second-order valence-corrected chi connectivity index (χ2v) is 4.89. The zero-order chi connectivity index (χ0) is 13.7. The van der Waals surface area contributed by atoms with Crippen LogP contribution in [0.15, 0.2) is 6.07 Å². The van der Waals surface area contributed by atoms with Gasteiger partial charge >= 0.3 is 0 Å². The summed E-state index contributed by atoms with van der Waals surface area (Å²) in [7, 11) is 1.72.